The number of carbonyl (C=O) groups excluding carboxylic acids is 3. The van der Waals surface area contributed by atoms with Crippen LogP contribution in [-0.2, 0) is 16.1 Å². The van der Waals surface area contributed by atoms with Gasteiger partial charge >= 0.3 is 0 Å². The molecule has 1 aromatic heterocycles. The quantitative estimate of drug-likeness (QED) is 0.453. The van der Waals surface area contributed by atoms with Crippen LogP contribution in [0.4, 0.5) is 5.69 Å². The van der Waals surface area contributed by atoms with Gasteiger partial charge in [0.1, 0.15) is 11.5 Å². The number of fused-ring (bicyclic) bond motifs is 1. The van der Waals surface area contributed by atoms with E-state index in [9.17, 15) is 14.4 Å². The van der Waals surface area contributed by atoms with Gasteiger partial charge in [0.2, 0.25) is 5.91 Å². The zero-order chi connectivity index (χ0) is 24.6. The van der Waals surface area contributed by atoms with Crippen LogP contribution < -0.4 is 19.7 Å². The largest absolute Gasteiger partial charge is 0.485 e. The first-order valence-electron chi connectivity index (χ1n) is 11.4. The molecule has 0 atom stereocenters. The van der Waals surface area contributed by atoms with Crippen molar-refractivity contribution in [3.8, 4) is 11.5 Å². The van der Waals surface area contributed by atoms with Gasteiger partial charge in [0.05, 0.1) is 5.69 Å². The average Bonchev–Trinajstić information content (AvgIpc) is 2.88. The summed E-state index contributed by atoms with van der Waals surface area (Å²) in [5.41, 5.74) is 3.03. The Labute approximate surface area is 203 Å². The number of ether oxygens (including phenoxy) is 2. The Morgan fingerprint density at radius 3 is 2.63 bits per heavy atom. The summed E-state index contributed by atoms with van der Waals surface area (Å²) in [6.45, 7) is 2.55. The number of rotatable bonds is 10. The number of carbonyl (C=O) groups is 3. The SMILES string of the molecule is Cc1ccc(OCC(=O)c2ccc3c(c2)N(CCCC(=O)NCc2ccncc2)C(=O)CO3)cc1. The Hall–Kier alpha value is -4.20. The molecule has 8 heteroatoms. The maximum atomic E-state index is 12.7. The van der Waals surface area contributed by atoms with Crippen LogP contribution in [0.1, 0.15) is 34.3 Å². The van der Waals surface area contributed by atoms with Gasteiger partial charge in [0.15, 0.2) is 19.0 Å². The predicted molar refractivity (Wildman–Crippen MR) is 131 cm³/mol. The summed E-state index contributed by atoms with van der Waals surface area (Å²) in [6, 6.07) is 16.2. The number of pyridine rings is 1. The van der Waals surface area contributed by atoms with Crippen molar-refractivity contribution in [1.29, 1.82) is 0 Å². The molecule has 2 heterocycles. The zero-order valence-electron chi connectivity index (χ0n) is 19.5. The zero-order valence-corrected chi connectivity index (χ0v) is 19.5. The minimum atomic E-state index is -0.213. The maximum Gasteiger partial charge on any atom is 0.265 e. The van der Waals surface area contributed by atoms with E-state index < -0.39 is 0 Å². The molecule has 0 unspecified atom stereocenters. The van der Waals surface area contributed by atoms with Gasteiger partial charge < -0.3 is 19.7 Å². The van der Waals surface area contributed by atoms with Crippen LogP contribution in [0, 0.1) is 6.92 Å². The molecule has 0 aliphatic carbocycles. The number of amides is 2. The van der Waals surface area contributed by atoms with Crippen LogP contribution in [0.15, 0.2) is 67.0 Å². The van der Waals surface area contributed by atoms with Gasteiger partial charge in [-0.15, -0.1) is 0 Å². The predicted octanol–water partition coefficient (Wildman–Crippen LogP) is 3.47. The highest BCUT2D eigenvalue weighted by Crippen LogP contribution is 2.33. The van der Waals surface area contributed by atoms with Crippen LogP contribution in [0.2, 0.25) is 0 Å². The van der Waals surface area contributed by atoms with Crippen molar-refractivity contribution in [3.63, 3.8) is 0 Å². The lowest BCUT2D eigenvalue weighted by Gasteiger charge is -2.29. The summed E-state index contributed by atoms with van der Waals surface area (Å²) in [5, 5.41) is 2.87. The number of benzene rings is 2. The van der Waals surface area contributed by atoms with E-state index in [0.29, 0.717) is 42.3 Å². The second kappa shape index (κ2) is 11.3. The molecule has 0 bridgehead atoms. The van der Waals surface area contributed by atoms with Gasteiger partial charge in [-0.1, -0.05) is 17.7 Å². The summed E-state index contributed by atoms with van der Waals surface area (Å²) in [4.78, 5) is 43.0. The van der Waals surface area contributed by atoms with E-state index in [-0.39, 0.29) is 37.2 Å². The molecule has 8 nitrogen and oxygen atoms in total. The first-order valence-corrected chi connectivity index (χ1v) is 11.4. The maximum absolute atomic E-state index is 12.7. The monoisotopic (exact) mass is 473 g/mol. The smallest absolute Gasteiger partial charge is 0.265 e. The van der Waals surface area contributed by atoms with Crippen LogP contribution in [0.5, 0.6) is 11.5 Å². The molecular weight excluding hydrogens is 446 g/mol. The van der Waals surface area contributed by atoms with Crippen molar-refractivity contribution >= 4 is 23.3 Å². The second-order valence-electron chi connectivity index (χ2n) is 8.28. The standard InChI is InChI=1S/C27H27N3O5/c1-19-4-7-22(8-5-19)34-17-24(31)21-6-9-25-23(15-21)30(27(33)18-35-25)14-2-3-26(32)29-16-20-10-12-28-13-11-20/h4-13,15H,2-3,14,16-18H2,1H3,(H,29,32). The highest BCUT2D eigenvalue weighted by Gasteiger charge is 2.26. The van der Waals surface area contributed by atoms with Gasteiger partial charge in [0, 0.05) is 37.5 Å². The van der Waals surface area contributed by atoms with Gasteiger partial charge in [-0.25, -0.2) is 0 Å². The van der Waals surface area contributed by atoms with E-state index in [1.807, 2.05) is 43.3 Å². The van der Waals surface area contributed by atoms with Crippen molar-refractivity contribution < 1.29 is 23.9 Å². The fraction of sp³-hybridized carbons (Fsp3) is 0.259. The molecule has 1 N–H and O–H groups in total. The van der Waals surface area contributed by atoms with Crippen molar-refractivity contribution in [2.24, 2.45) is 0 Å². The van der Waals surface area contributed by atoms with Crippen LogP contribution in [0.25, 0.3) is 0 Å². The molecule has 0 saturated heterocycles. The molecule has 180 valence electrons. The number of anilines is 1. The van der Waals surface area contributed by atoms with E-state index in [2.05, 4.69) is 10.3 Å². The number of aromatic nitrogens is 1. The number of hydrogen-bond donors (Lipinski definition) is 1. The minimum Gasteiger partial charge on any atom is -0.485 e. The second-order valence-corrected chi connectivity index (χ2v) is 8.28. The highest BCUT2D eigenvalue weighted by molar-refractivity contribution is 6.02. The molecule has 1 aliphatic rings. The molecule has 35 heavy (non-hydrogen) atoms. The summed E-state index contributed by atoms with van der Waals surface area (Å²) < 4.78 is 11.1. The van der Waals surface area contributed by atoms with Crippen LogP contribution in [0.3, 0.4) is 0 Å². The van der Waals surface area contributed by atoms with E-state index >= 15 is 0 Å². The number of nitrogens with zero attached hydrogens (tertiary/aromatic N) is 2. The van der Waals surface area contributed by atoms with Crippen LogP contribution >= 0.6 is 0 Å². The van der Waals surface area contributed by atoms with E-state index in [1.165, 1.54) is 0 Å². The van der Waals surface area contributed by atoms with Gasteiger partial charge in [-0.3, -0.25) is 19.4 Å². The number of nitrogens with one attached hydrogen (secondary N) is 1. The summed E-state index contributed by atoms with van der Waals surface area (Å²) >= 11 is 0. The van der Waals surface area contributed by atoms with E-state index in [4.69, 9.17) is 9.47 Å². The Balaban J connectivity index is 1.34. The van der Waals surface area contributed by atoms with E-state index in [0.717, 1.165) is 11.1 Å². The third kappa shape index (κ3) is 6.44. The third-order valence-electron chi connectivity index (χ3n) is 5.64. The first kappa shape index (κ1) is 23.9. The number of hydrogen-bond acceptors (Lipinski definition) is 6. The summed E-state index contributed by atoms with van der Waals surface area (Å²) in [6.07, 6.45) is 4.10. The number of Topliss-reactive ketones (excluding diaryl/α,β-unsaturated/α-hetero) is 1. The van der Waals surface area contributed by atoms with Crippen molar-refractivity contribution in [1.82, 2.24) is 10.3 Å². The van der Waals surface area contributed by atoms with Gasteiger partial charge in [-0.05, 0) is 61.4 Å². The molecule has 0 fully saturated rings. The fourth-order valence-corrected chi connectivity index (χ4v) is 3.67. The lowest BCUT2D eigenvalue weighted by atomic mass is 10.1. The van der Waals surface area contributed by atoms with Crippen molar-refractivity contribution in [3.05, 3.63) is 83.7 Å². The summed E-state index contributed by atoms with van der Waals surface area (Å²) in [5.74, 6) is 0.629. The first-order chi connectivity index (χ1) is 17.0. The summed E-state index contributed by atoms with van der Waals surface area (Å²) in [7, 11) is 0. The Morgan fingerprint density at radius 1 is 1.09 bits per heavy atom. The molecule has 1 aliphatic heterocycles. The molecule has 4 rings (SSSR count). The number of ketones is 1. The third-order valence-corrected chi connectivity index (χ3v) is 5.64. The molecule has 2 amide bonds. The molecule has 0 spiro atoms. The Kier molecular flexibility index (Phi) is 7.72. The fourth-order valence-electron chi connectivity index (χ4n) is 3.67. The minimum absolute atomic E-state index is 0.0783. The van der Waals surface area contributed by atoms with Gasteiger partial charge in [0.25, 0.3) is 5.91 Å². The Bertz CT molecular complexity index is 1200. The molecule has 3 aromatic rings. The van der Waals surface area contributed by atoms with Gasteiger partial charge in [-0.2, -0.15) is 0 Å². The number of aryl methyl sites for hydroxylation is 1. The normalized spacial score (nSPS) is 12.5. The molecule has 0 saturated carbocycles. The topological polar surface area (TPSA) is 97.8 Å². The van der Waals surface area contributed by atoms with E-state index in [1.54, 1.807) is 35.5 Å². The molecule has 2 aromatic carbocycles. The lowest BCUT2D eigenvalue weighted by molar-refractivity contribution is -0.123. The lowest BCUT2D eigenvalue weighted by Crippen LogP contribution is -2.40. The molecular formula is C27H27N3O5. The molecule has 0 radical (unpaired) electrons. The average molecular weight is 474 g/mol. The Morgan fingerprint density at radius 2 is 1.86 bits per heavy atom. The highest BCUT2D eigenvalue weighted by atomic mass is 16.5. The van der Waals surface area contributed by atoms with Crippen molar-refractivity contribution in [2.75, 3.05) is 24.7 Å². The van der Waals surface area contributed by atoms with Crippen LogP contribution in [-0.4, -0.2) is 42.3 Å². The van der Waals surface area contributed by atoms with Crippen molar-refractivity contribution in [2.45, 2.75) is 26.3 Å².